The van der Waals surface area contributed by atoms with E-state index in [1.54, 1.807) is 29.4 Å². The van der Waals surface area contributed by atoms with Crippen molar-refractivity contribution in [1.29, 1.82) is 0 Å². The molecule has 0 fully saturated rings. The fraction of sp³-hybridized carbons (Fsp3) is 0.273. The van der Waals surface area contributed by atoms with Gasteiger partial charge in [0.1, 0.15) is 12.7 Å². The van der Waals surface area contributed by atoms with E-state index in [1.807, 2.05) is 16.8 Å². The first kappa shape index (κ1) is 18.8. The summed E-state index contributed by atoms with van der Waals surface area (Å²) in [4.78, 5) is 13.0. The Hall–Kier alpha value is -3.19. The Bertz CT molecular complexity index is 1260. The summed E-state index contributed by atoms with van der Waals surface area (Å²) >= 11 is 6.43. The van der Waals surface area contributed by atoms with Crippen molar-refractivity contribution in [3.8, 4) is 5.69 Å². The van der Waals surface area contributed by atoms with Gasteiger partial charge in [-0.25, -0.2) is 4.52 Å². The number of hydrogen-bond donors (Lipinski definition) is 1. The largest absolute Gasteiger partial charge is 0.346 e. The minimum atomic E-state index is -0.366. The molecule has 0 unspecified atom stereocenters. The number of hydrogen-bond acceptors (Lipinski definition) is 4. The Morgan fingerprint density at radius 2 is 2.00 bits per heavy atom. The lowest BCUT2D eigenvalue weighted by atomic mass is 9.81. The van der Waals surface area contributed by atoms with Gasteiger partial charge in [0, 0.05) is 23.0 Å². The lowest BCUT2D eigenvalue weighted by Crippen LogP contribution is -2.49. The highest BCUT2D eigenvalue weighted by Gasteiger charge is 2.34. The molecule has 1 aliphatic rings. The number of fused-ring (bicyclic) bond motifs is 3. The van der Waals surface area contributed by atoms with Crippen LogP contribution in [0.4, 0.5) is 0 Å². The standard InChI is InChI=1S/C22H21ClN6O/c1-14-3-6-20-17-10-22(2,8-7-19(17)27-29(20)11-14)26-21(30)16-5-4-15(9-18(16)23)28-12-24-25-13-28/h3-6,9,11-13H,7-8,10H2,1-2H3,(H,26,30)/t22-/m1/s1. The molecule has 8 heteroatoms. The number of rotatable bonds is 3. The summed E-state index contributed by atoms with van der Waals surface area (Å²) in [6.45, 7) is 4.15. The van der Waals surface area contributed by atoms with Gasteiger partial charge in [-0.05, 0) is 62.9 Å². The monoisotopic (exact) mass is 420 g/mol. The normalized spacial score (nSPS) is 18.4. The minimum absolute atomic E-state index is 0.173. The molecule has 1 aliphatic carbocycles. The molecule has 0 saturated heterocycles. The molecule has 3 heterocycles. The summed E-state index contributed by atoms with van der Waals surface area (Å²) in [5.74, 6) is -0.173. The average Bonchev–Trinajstić information content (AvgIpc) is 3.35. The van der Waals surface area contributed by atoms with Crippen molar-refractivity contribution in [3.63, 3.8) is 0 Å². The fourth-order valence-corrected chi connectivity index (χ4v) is 4.41. The van der Waals surface area contributed by atoms with E-state index >= 15 is 0 Å². The van der Waals surface area contributed by atoms with Crippen LogP contribution in [0.15, 0.2) is 49.2 Å². The smallest absolute Gasteiger partial charge is 0.253 e. The van der Waals surface area contributed by atoms with Gasteiger partial charge in [-0.2, -0.15) is 5.10 Å². The van der Waals surface area contributed by atoms with Crippen molar-refractivity contribution < 1.29 is 4.79 Å². The van der Waals surface area contributed by atoms with Gasteiger partial charge in [0.05, 0.1) is 21.8 Å². The molecule has 1 aromatic carbocycles. The van der Waals surface area contributed by atoms with Crippen molar-refractivity contribution in [3.05, 3.63) is 76.6 Å². The van der Waals surface area contributed by atoms with Gasteiger partial charge in [0.25, 0.3) is 5.91 Å². The van der Waals surface area contributed by atoms with Gasteiger partial charge in [0.15, 0.2) is 0 Å². The number of aromatic nitrogens is 5. The molecule has 1 atom stereocenters. The number of nitrogens with one attached hydrogen (secondary N) is 1. The molecule has 30 heavy (non-hydrogen) atoms. The van der Waals surface area contributed by atoms with Gasteiger partial charge >= 0.3 is 0 Å². The summed E-state index contributed by atoms with van der Waals surface area (Å²) in [7, 11) is 0. The summed E-state index contributed by atoms with van der Waals surface area (Å²) in [6, 6.07) is 9.52. The Balaban J connectivity index is 1.39. The SMILES string of the molecule is Cc1ccc2c3c(nn2c1)CC[C@@](C)(NC(=O)c1ccc(-n2cnnc2)cc1Cl)C3. The van der Waals surface area contributed by atoms with E-state index in [0.29, 0.717) is 10.6 Å². The second-order valence-corrected chi connectivity index (χ2v) is 8.59. The van der Waals surface area contributed by atoms with E-state index in [0.717, 1.165) is 36.2 Å². The van der Waals surface area contributed by atoms with E-state index in [9.17, 15) is 4.79 Å². The third kappa shape index (κ3) is 3.25. The van der Waals surface area contributed by atoms with Crippen LogP contribution in [0.3, 0.4) is 0 Å². The molecule has 0 bridgehead atoms. The molecule has 1 amide bonds. The highest BCUT2D eigenvalue weighted by molar-refractivity contribution is 6.34. The van der Waals surface area contributed by atoms with Gasteiger partial charge in [-0.1, -0.05) is 17.7 Å². The van der Waals surface area contributed by atoms with Gasteiger partial charge in [-0.3, -0.25) is 9.36 Å². The van der Waals surface area contributed by atoms with Crippen LogP contribution in [0.25, 0.3) is 11.2 Å². The van der Waals surface area contributed by atoms with Crippen LogP contribution in [0, 0.1) is 6.92 Å². The predicted molar refractivity (Wildman–Crippen MR) is 114 cm³/mol. The fourth-order valence-electron chi connectivity index (χ4n) is 4.15. The molecule has 0 aliphatic heterocycles. The topological polar surface area (TPSA) is 77.1 Å². The lowest BCUT2D eigenvalue weighted by molar-refractivity contribution is 0.0898. The zero-order chi connectivity index (χ0) is 20.9. The van der Waals surface area contributed by atoms with Crippen LogP contribution in [0.5, 0.6) is 0 Å². The number of carbonyl (C=O) groups excluding carboxylic acids is 1. The number of nitrogens with zero attached hydrogens (tertiary/aromatic N) is 5. The maximum absolute atomic E-state index is 13.0. The van der Waals surface area contributed by atoms with E-state index in [4.69, 9.17) is 16.7 Å². The van der Waals surface area contributed by atoms with E-state index in [-0.39, 0.29) is 11.4 Å². The van der Waals surface area contributed by atoms with Crippen LogP contribution in [-0.4, -0.2) is 35.8 Å². The van der Waals surface area contributed by atoms with Crippen LogP contribution < -0.4 is 5.32 Å². The van der Waals surface area contributed by atoms with Crippen molar-refractivity contribution in [2.24, 2.45) is 0 Å². The zero-order valence-corrected chi connectivity index (χ0v) is 17.5. The first-order valence-corrected chi connectivity index (χ1v) is 10.2. The minimum Gasteiger partial charge on any atom is -0.346 e. The third-order valence-electron chi connectivity index (χ3n) is 5.77. The summed E-state index contributed by atoms with van der Waals surface area (Å²) < 4.78 is 3.69. The number of pyridine rings is 1. The first-order valence-electron chi connectivity index (χ1n) is 9.86. The molecule has 0 saturated carbocycles. The molecule has 0 radical (unpaired) electrons. The van der Waals surface area contributed by atoms with E-state index in [2.05, 4.69) is 41.5 Å². The van der Waals surface area contributed by atoms with Crippen LogP contribution >= 0.6 is 11.6 Å². The Labute approximate surface area is 178 Å². The highest BCUT2D eigenvalue weighted by atomic mass is 35.5. The van der Waals surface area contributed by atoms with Crippen molar-refractivity contribution in [2.45, 2.75) is 38.6 Å². The highest BCUT2D eigenvalue weighted by Crippen LogP contribution is 2.32. The second-order valence-electron chi connectivity index (χ2n) is 8.19. The van der Waals surface area contributed by atoms with Gasteiger partial charge < -0.3 is 5.32 Å². The molecular weight excluding hydrogens is 400 g/mol. The predicted octanol–water partition coefficient (Wildman–Crippen LogP) is 3.55. The maximum Gasteiger partial charge on any atom is 0.253 e. The van der Waals surface area contributed by atoms with E-state index in [1.165, 1.54) is 11.1 Å². The maximum atomic E-state index is 13.0. The summed E-state index contributed by atoms with van der Waals surface area (Å²) in [5.41, 5.74) is 5.49. The van der Waals surface area contributed by atoms with Crippen molar-refractivity contribution in [2.75, 3.05) is 0 Å². The Morgan fingerprint density at radius 3 is 2.77 bits per heavy atom. The molecule has 0 spiro atoms. The Kier molecular flexibility index (Phi) is 4.36. The average molecular weight is 421 g/mol. The summed E-state index contributed by atoms with van der Waals surface area (Å²) in [5, 5.41) is 15.9. The zero-order valence-electron chi connectivity index (χ0n) is 16.8. The molecule has 3 aromatic heterocycles. The first-order chi connectivity index (χ1) is 14.4. The van der Waals surface area contributed by atoms with Crippen molar-refractivity contribution in [1.82, 2.24) is 29.7 Å². The van der Waals surface area contributed by atoms with Gasteiger partial charge in [-0.15, -0.1) is 10.2 Å². The number of carbonyl (C=O) groups is 1. The number of benzene rings is 1. The van der Waals surface area contributed by atoms with Crippen LogP contribution in [-0.2, 0) is 12.8 Å². The molecule has 1 N–H and O–H groups in total. The molecule has 152 valence electrons. The van der Waals surface area contributed by atoms with E-state index < -0.39 is 0 Å². The van der Waals surface area contributed by atoms with Crippen molar-refractivity contribution >= 4 is 23.0 Å². The quantitative estimate of drug-likeness (QED) is 0.549. The molecule has 4 aromatic rings. The van der Waals surface area contributed by atoms with Crippen LogP contribution in [0.2, 0.25) is 5.02 Å². The number of halogens is 1. The Morgan fingerprint density at radius 1 is 1.20 bits per heavy atom. The van der Waals surface area contributed by atoms with Crippen LogP contribution in [0.1, 0.15) is 40.5 Å². The lowest BCUT2D eigenvalue weighted by Gasteiger charge is -2.34. The third-order valence-corrected chi connectivity index (χ3v) is 6.09. The summed E-state index contributed by atoms with van der Waals surface area (Å²) in [6.07, 6.45) is 7.60. The number of aryl methyl sites for hydroxylation is 2. The number of amides is 1. The van der Waals surface area contributed by atoms with Gasteiger partial charge in [0.2, 0.25) is 0 Å². The molecular formula is C22H21ClN6O. The second kappa shape index (κ2) is 6.95. The molecule has 5 rings (SSSR count). The molecule has 7 nitrogen and oxygen atoms in total.